The van der Waals surface area contributed by atoms with Crippen LogP contribution in [0.25, 0.3) is 0 Å². The summed E-state index contributed by atoms with van der Waals surface area (Å²) in [7, 11) is 0. The highest BCUT2D eigenvalue weighted by molar-refractivity contribution is 7.79. The first kappa shape index (κ1) is 8.30. The van der Waals surface area contributed by atoms with Gasteiger partial charge in [-0.05, 0) is 17.5 Å². The molecule has 0 unspecified atom stereocenters. The van der Waals surface area contributed by atoms with Crippen molar-refractivity contribution in [3.05, 3.63) is 30.1 Å². The quantitative estimate of drug-likeness (QED) is 0.537. The molecule has 0 aromatic carbocycles. The molecule has 0 fully saturated rings. The van der Waals surface area contributed by atoms with Gasteiger partial charge in [-0.15, -0.1) is 0 Å². The molecule has 0 spiro atoms. The molecule has 0 bridgehead atoms. The third-order valence-corrected chi connectivity index (χ3v) is 1.43. The molecular weight excluding hydrogens is 156 g/mol. The second-order valence-electron chi connectivity index (χ2n) is 2.12. The normalized spacial score (nSPS) is 9.45. The maximum atomic E-state index is 4.66. The molecule has 0 aliphatic carbocycles. The Labute approximate surface area is 71.7 Å². The van der Waals surface area contributed by atoms with E-state index in [0.717, 1.165) is 18.8 Å². The third-order valence-electron chi connectivity index (χ3n) is 1.26. The Hall–Kier alpha value is -0.800. The molecule has 11 heavy (non-hydrogen) atoms. The van der Waals surface area contributed by atoms with Crippen LogP contribution in [0.3, 0.4) is 0 Å². The summed E-state index contributed by atoms with van der Waals surface area (Å²) >= 11 is 4.66. The molecule has 58 valence electrons. The average molecular weight is 166 g/mol. The predicted molar refractivity (Wildman–Crippen MR) is 49.6 cm³/mol. The Morgan fingerprint density at radius 1 is 1.55 bits per heavy atom. The van der Waals surface area contributed by atoms with E-state index in [1.165, 1.54) is 0 Å². The van der Waals surface area contributed by atoms with Crippen LogP contribution in [-0.2, 0) is 6.54 Å². The summed E-state index contributed by atoms with van der Waals surface area (Å²) in [6, 6.07) is 5.86. The molecule has 1 rings (SSSR count). The summed E-state index contributed by atoms with van der Waals surface area (Å²) in [5.74, 6) is 0. The summed E-state index contributed by atoms with van der Waals surface area (Å²) in [6.45, 7) is 1.54. The van der Waals surface area contributed by atoms with Crippen LogP contribution >= 0.6 is 12.2 Å². The number of hydrogen-bond donors (Lipinski definition) is 1. The van der Waals surface area contributed by atoms with Gasteiger partial charge in [-0.2, -0.15) is 0 Å². The van der Waals surface area contributed by atoms with Crippen LogP contribution in [0.5, 0.6) is 0 Å². The molecule has 0 aliphatic heterocycles. The van der Waals surface area contributed by atoms with Crippen LogP contribution in [0.15, 0.2) is 24.4 Å². The van der Waals surface area contributed by atoms with E-state index in [-0.39, 0.29) is 0 Å². The molecule has 1 aromatic heterocycles. The lowest BCUT2D eigenvalue weighted by molar-refractivity contribution is 0.762. The van der Waals surface area contributed by atoms with E-state index in [4.69, 9.17) is 0 Å². The van der Waals surface area contributed by atoms with E-state index in [2.05, 4.69) is 22.5 Å². The van der Waals surface area contributed by atoms with Crippen molar-refractivity contribution in [3.63, 3.8) is 0 Å². The summed E-state index contributed by atoms with van der Waals surface area (Å²) < 4.78 is 0. The van der Waals surface area contributed by atoms with Crippen molar-refractivity contribution in [2.45, 2.75) is 6.54 Å². The van der Waals surface area contributed by atoms with Crippen molar-refractivity contribution >= 4 is 17.6 Å². The molecule has 2 nitrogen and oxygen atoms in total. The fraction of sp³-hybridized carbons (Fsp3) is 0.250. The van der Waals surface area contributed by atoms with Crippen LogP contribution < -0.4 is 5.32 Å². The van der Waals surface area contributed by atoms with Crippen LogP contribution in [-0.4, -0.2) is 16.9 Å². The SMILES string of the molecule is S=CCNCc1ccccn1. The van der Waals surface area contributed by atoms with E-state index < -0.39 is 0 Å². The molecule has 1 heterocycles. The highest BCUT2D eigenvalue weighted by Crippen LogP contribution is 1.90. The van der Waals surface area contributed by atoms with E-state index in [0.29, 0.717) is 0 Å². The first-order chi connectivity index (χ1) is 5.43. The Morgan fingerprint density at radius 2 is 2.45 bits per heavy atom. The highest BCUT2D eigenvalue weighted by atomic mass is 32.1. The van der Waals surface area contributed by atoms with Gasteiger partial charge in [0.05, 0.1) is 5.69 Å². The summed E-state index contributed by atoms with van der Waals surface area (Å²) in [6.07, 6.45) is 1.79. The molecule has 3 heteroatoms. The van der Waals surface area contributed by atoms with Crippen molar-refractivity contribution in [1.82, 2.24) is 10.3 Å². The van der Waals surface area contributed by atoms with Gasteiger partial charge in [0.25, 0.3) is 0 Å². The van der Waals surface area contributed by atoms with Crippen LogP contribution in [0, 0.1) is 0 Å². The van der Waals surface area contributed by atoms with Crippen LogP contribution in [0.1, 0.15) is 5.69 Å². The van der Waals surface area contributed by atoms with Crippen molar-refractivity contribution in [3.8, 4) is 0 Å². The number of rotatable bonds is 4. The Bertz CT molecular complexity index is 211. The Kier molecular flexibility index (Phi) is 3.72. The number of pyridine rings is 1. The topological polar surface area (TPSA) is 24.9 Å². The minimum absolute atomic E-state index is 0.756. The van der Waals surface area contributed by atoms with Gasteiger partial charge in [0.15, 0.2) is 0 Å². The van der Waals surface area contributed by atoms with Gasteiger partial charge in [-0.25, -0.2) is 0 Å². The molecule has 1 N–H and O–H groups in total. The van der Waals surface area contributed by atoms with E-state index in [1.54, 1.807) is 11.6 Å². The zero-order valence-electron chi connectivity index (χ0n) is 6.16. The second kappa shape index (κ2) is 4.93. The molecule has 1 aromatic rings. The minimum atomic E-state index is 0.756. The van der Waals surface area contributed by atoms with Crippen molar-refractivity contribution in [2.75, 3.05) is 6.54 Å². The first-order valence-corrected chi connectivity index (χ1v) is 3.95. The molecule has 0 amide bonds. The van der Waals surface area contributed by atoms with Gasteiger partial charge in [-0.3, -0.25) is 4.98 Å². The standard InChI is InChI=1S/C8H10N2S/c11-6-5-9-7-8-3-1-2-4-10-8/h1-4,6,9H,5,7H2. The molecule has 0 saturated heterocycles. The van der Waals surface area contributed by atoms with Crippen molar-refractivity contribution in [1.29, 1.82) is 0 Å². The maximum absolute atomic E-state index is 4.66. The highest BCUT2D eigenvalue weighted by Gasteiger charge is 1.88. The second-order valence-corrected chi connectivity index (χ2v) is 2.45. The van der Waals surface area contributed by atoms with Gasteiger partial charge in [-0.1, -0.05) is 18.3 Å². The minimum Gasteiger partial charge on any atom is -0.307 e. The lowest BCUT2D eigenvalue weighted by Gasteiger charge is -1.98. The van der Waals surface area contributed by atoms with E-state index >= 15 is 0 Å². The fourth-order valence-corrected chi connectivity index (χ4v) is 0.880. The fourth-order valence-electron chi connectivity index (χ4n) is 0.762. The lowest BCUT2D eigenvalue weighted by Crippen LogP contribution is -2.15. The number of hydrogen-bond acceptors (Lipinski definition) is 3. The summed E-state index contributed by atoms with van der Waals surface area (Å²) in [5.41, 5.74) is 1.05. The number of nitrogens with zero attached hydrogens (tertiary/aromatic N) is 1. The van der Waals surface area contributed by atoms with Crippen LogP contribution in [0.4, 0.5) is 0 Å². The Balaban J connectivity index is 2.33. The summed E-state index contributed by atoms with van der Waals surface area (Å²) in [4.78, 5) is 4.14. The zero-order valence-corrected chi connectivity index (χ0v) is 6.97. The molecule has 0 saturated carbocycles. The molecular formula is C8H10N2S. The number of aromatic nitrogens is 1. The van der Waals surface area contributed by atoms with Crippen molar-refractivity contribution in [2.24, 2.45) is 0 Å². The van der Waals surface area contributed by atoms with E-state index in [9.17, 15) is 0 Å². The van der Waals surface area contributed by atoms with Gasteiger partial charge >= 0.3 is 0 Å². The Morgan fingerprint density at radius 3 is 3.09 bits per heavy atom. The van der Waals surface area contributed by atoms with E-state index in [1.807, 2.05) is 18.2 Å². The largest absolute Gasteiger partial charge is 0.307 e. The number of nitrogens with one attached hydrogen (secondary N) is 1. The maximum Gasteiger partial charge on any atom is 0.0541 e. The third kappa shape index (κ3) is 3.20. The zero-order chi connectivity index (χ0) is 7.94. The van der Waals surface area contributed by atoms with Crippen LogP contribution in [0.2, 0.25) is 0 Å². The van der Waals surface area contributed by atoms with Gasteiger partial charge < -0.3 is 5.32 Å². The van der Waals surface area contributed by atoms with Gasteiger partial charge in [0.2, 0.25) is 0 Å². The first-order valence-electron chi connectivity index (χ1n) is 3.48. The molecule has 0 radical (unpaired) electrons. The van der Waals surface area contributed by atoms with Gasteiger partial charge in [0.1, 0.15) is 0 Å². The molecule has 0 aliphatic rings. The average Bonchev–Trinajstić information content (AvgIpc) is 2.07. The monoisotopic (exact) mass is 166 g/mol. The lowest BCUT2D eigenvalue weighted by atomic mass is 10.3. The predicted octanol–water partition coefficient (Wildman–Crippen LogP) is 1.17. The smallest absolute Gasteiger partial charge is 0.0541 e. The van der Waals surface area contributed by atoms with Crippen molar-refractivity contribution < 1.29 is 0 Å². The number of thiocarbonyl (C=S) groups is 1. The van der Waals surface area contributed by atoms with Gasteiger partial charge in [0, 0.05) is 19.3 Å². The molecule has 0 atom stereocenters. The summed E-state index contributed by atoms with van der Waals surface area (Å²) in [5, 5.41) is 4.80.